The van der Waals surface area contributed by atoms with Crippen LogP contribution >= 0.6 is 0 Å². The molecule has 0 atom stereocenters. The molecular weight excluding hydrogens is 246 g/mol. The van der Waals surface area contributed by atoms with Crippen LogP contribution in [0.25, 0.3) is 0 Å². The van der Waals surface area contributed by atoms with Crippen molar-refractivity contribution in [3.8, 4) is 5.88 Å². The van der Waals surface area contributed by atoms with Crippen molar-refractivity contribution in [1.82, 2.24) is 4.98 Å². The molecule has 0 bridgehead atoms. The van der Waals surface area contributed by atoms with Crippen LogP contribution < -0.4 is 10.1 Å². The summed E-state index contributed by atoms with van der Waals surface area (Å²) in [5.41, 5.74) is 1.51. The lowest BCUT2D eigenvalue weighted by Crippen LogP contribution is -2.03. The highest BCUT2D eigenvalue weighted by Gasteiger charge is 2.11. The van der Waals surface area contributed by atoms with Crippen LogP contribution in [-0.2, 0) is 6.54 Å². The number of aromatic nitrogens is 1. The Hall–Kier alpha value is -2.63. The Morgan fingerprint density at radius 2 is 2.11 bits per heavy atom. The van der Waals surface area contributed by atoms with Gasteiger partial charge in [-0.25, -0.2) is 4.98 Å². The maximum atomic E-state index is 10.9. The quantitative estimate of drug-likeness (QED) is 0.659. The Bertz CT molecular complexity index is 570. The van der Waals surface area contributed by atoms with E-state index >= 15 is 0 Å². The maximum Gasteiger partial charge on any atom is 0.274 e. The van der Waals surface area contributed by atoms with Crippen LogP contribution in [-0.4, -0.2) is 17.0 Å². The zero-order valence-electron chi connectivity index (χ0n) is 10.4. The summed E-state index contributed by atoms with van der Waals surface area (Å²) in [7, 11) is 1.54. The lowest BCUT2D eigenvalue weighted by atomic mass is 10.2. The van der Waals surface area contributed by atoms with Gasteiger partial charge in [-0.1, -0.05) is 18.2 Å². The number of pyridine rings is 1. The van der Waals surface area contributed by atoms with Gasteiger partial charge in [0, 0.05) is 24.2 Å². The molecule has 6 nitrogen and oxygen atoms in total. The molecule has 0 saturated heterocycles. The van der Waals surface area contributed by atoms with Crippen LogP contribution in [0.1, 0.15) is 5.56 Å². The summed E-state index contributed by atoms with van der Waals surface area (Å²) in [6, 6.07) is 10.2. The van der Waals surface area contributed by atoms with E-state index in [2.05, 4.69) is 10.3 Å². The first-order chi connectivity index (χ1) is 9.20. The lowest BCUT2D eigenvalue weighted by molar-refractivity contribution is -0.385. The maximum absolute atomic E-state index is 10.9. The van der Waals surface area contributed by atoms with E-state index in [1.165, 1.54) is 6.07 Å². The lowest BCUT2D eigenvalue weighted by Gasteiger charge is -2.07. The summed E-state index contributed by atoms with van der Waals surface area (Å²) < 4.78 is 4.95. The van der Waals surface area contributed by atoms with Gasteiger partial charge in [0.1, 0.15) is 0 Å². The molecule has 2 rings (SSSR count). The molecule has 1 heterocycles. The van der Waals surface area contributed by atoms with Gasteiger partial charge >= 0.3 is 0 Å². The van der Waals surface area contributed by atoms with Crippen LogP contribution in [0.4, 0.5) is 11.4 Å². The van der Waals surface area contributed by atoms with E-state index in [0.717, 1.165) is 5.69 Å². The summed E-state index contributed by atoms with van der Waals surface area (Å²) in [6.07, 6.45) is 1.62. The second-order valence-corrected chi connectivity index (χ2v) is 3.83. The molecule has 0 radical (unpaired) electrons. The van der Waals surface area contributed by atoms with E-state index < -0.39 is 0 Å². The SMILES string of the molecule is COc1ccc(NCc2ccccc2[N+](=O)[O-])cn1. The van der Waals surface area contributed by atoms with Gasteiger partial charge in [0.25, 0.3) is 5.69 Å². The predicted octanol–water partition coefficient (Wildman–Crippen LogP) is 2.61. The summed E-state index contributed by atoms with van der Waals surface area (Å²) in [4.78, 5) is 14.5. The topological polar surface area (TPSA) is 77.3 Å². The molecule has 0 amide bonds. The molecule has 98 valence electrons. The van der Waals surface area contributed by atoms with Crippen LogP contribution in [0, 0.1) is 10.1 Å². The highest BCUT2D eigenvalue weighted by molar-refractivity contribution is 5.46. The van der Waals surface area contributed by atoms with E-state index in [1.807, 2.05) is 0 Å². The third kappa shape index (κ3) is 3.19. The Labute approximate surface area is 110 Å². The summed E-state index contributed by atoms with van der Waals surface area (Å²) in [5.74, 6) is 0.524. The first kappa shape index (κ1) is 12.8. The molecule has 0 saturated carbocycles. The molecule has 0 spiro atoms. The molecule has 0 aliphatic rings. The van der Waals surface area contributed by atoms with Gasteiger partial charge in [0.15, 0.2) is 0 Å². The minimum atomic E-state index is -0.386. The standard InChI is InChI=1S/C13H13N3O3/c1-19-13-7-6-11(9-15-13)14-8-10-4-2-3-5-12(10)16(17)18/h2-7,9,14H,8H2,1H3. The molecule has 0 fully saturated rings. The molecule has 0 unspecified atom stereocenters. The smallest absolute Gasteiger partial charge is 0.274 e. The third-order valence-corrected chi connectivity index (χ3v) is 2.62. The van der Waals surface area contributed by atoms with Crippen LogP contribution in [0.15, 0.2) is 42.6 Å². The third-order valence-electron chi connectivity index (χ3n) is 2.62. The Balaban J connectivity index is 2.07. The average molecular weight is 259 g/mol. The largest absolute Gasteiger partial charge is 0.481 e. The fourth-order valence-corrected chi connectivity index (χ4v) is 1.64. The molecular formula is C13H13N3O3. The van der Waals surface area contributed by atoms with Gasteiger partial charge in [-0.3, -0.25) is 10.1 Å². The second kappa shape index (κ2) is 5.81. The number of benzene rings is 1. The number of anilines is 1. The number of hydrogen-bond acceptors (Lipinski definition) is 5. The number of nitrogens with one attached hydrogen (secondary N) is 1. The second-order valence-electron chi connectivity index (χ2n) is 3.83. The number of hydrogen-bond donors (Lipinski definition) is 1. The minimum Gasteiger partial charge on any atom is -0.481 e. The Morgan fingerprint density at radius 3 is 2.74 bits per heavy atom. The van der Waals surface area contributed by atoms with Crippen molar-refractivity contribution < 1.29 is 9.66 Å². The van der Waals surface area contributed by atoms with E-state index in [0.29, 0.717) is 18.0 Å². The summed E-state index contributed by atoms with van der Waals surface area (Å²) in [6.45, 7) is 0.366. The molecule has 2 aromatic rings. The molecule has 1 N–H and O–H groups in total. The van der Waals surface area contributed by atoms with Crippen LogP contribution in [0.5, 0.6) is 5.88 Å². The van der Waals surface area contributed by atoms with Gasteiger partial charge in [-0.2, -0.15) is 0 Å². The molecule has 1 aromatic carbocycles. The predicted molar refractivity (Wildman–Crippen MR) is 71.2 cm³/mol. The molecule has 6 heteroatoms. The van der Waals surface area contributed by atoms with E-state index in [9.17, 15) is 10.1 Å². The van der Waals surface area contributed by atoms with Crippen molar-refractivity contribution in [2.45, 2.75) is 6.54 Å². The van der Waals surface area contributed by atoms with E-state index in [-0.39, 0.29) is 10.6 Å². The van der Waals surface area contributed by atoms with Gasteiger partial charge < -0.3 is 10.1 Å². The molecule has 19 heavy (non-hydrogen) atoms. The number of nitro groups is 1. The van der Waals surface area contributed by atoms with Crippen molar-refractivity contribution in [3.63, 3.8) is 0 Å². The first-order valence-electron chi connectivity index (χ1n) is 5.67. The number of para-hydroxylation sites is 1. The van der Waals surface area contributed by atoms with Gasteiger partial charge in [-0.05, 0) is 6.07 Å². The van der Waals surface area contributed by atoms with Crippen LogP contribution in [0.2, 0.25) is 0 Å². The highest BCUT2D eigenvalue weighted by Crippen LogP contribution is 2.19. The van der Waals surface area contributed by atoms with Crippen molar-refractivity contribution in [2.75, 3.05) is 12.4 Å². The number of nitrogens with zero attached hydrogens (tertiary/aromatic N) is 2. The Morgan fingerprint density at radius 1 is 1.32 bits per heavy atom. The van der Waals surface area contributed by atoms with Gasteiger partial charge in [0.05, 0.1) is 23.9 Å². The average Bonchev–Trinajstić information content (AvgIpc) is 2.46. The van der Waals surface area contributed by atoms with Crippen molar-refractivity contribution in [2.24, 2.45) is 0 Å². The van der Waals surface area contributed by atoms with Crippen molar-refractivity contribution in [3.05, 3.63) is 58.3 Å². The van der Waals surface area contributed by atoms with Gasteiger partial charge in [-0.15, -0.1) is 0 Å². The molecule has 1 aromatic heterocycles. The van der Waals surface area contributed by atoms with Crippen molar-refractivity contribution in [1.29, 1.82) is 0 Å². The Kier molecular flexibility index (Phi) is 3.92. The summed E-state index contributed by atoms with van der Waals surface area (Å²) in [5, 5.41) is 14.0. The highest BCUT2D eigenvalue weighted by atomic mass is 16.6. The van der Waals surface area contributed by atoms with Crippen molar-refractivity contribution >= 4 is 11.4 Å². The van der Waals surface area contributed by atoms with Crippen LogP contribution in [0.3, 0.4) is 0 Å². The summed E-state index contributed by atoms with van der Waals surface area (Å²) >= 11 is 0. The molecule has 0 aliphatic carbocycles. The zero-order valence-corrected chi connectivity index (χ0v) is 10.4. The number of ether oxygens (including phenoxy) is 1. The zero-order chi connectivity index (χ0) is 13.7. The molecule has 0 aliphatic heterocycles. The fraction of sp³-hybridized carbons (Fsp3) is 0.154. The normalized spacial score (nSPS) is 9.95. The number of rotatable bonds is 5. The van der Waals surface area contributed by atoms with E-state index in [4.69, 9.17) is 4.74 Å². The first-order valence-corrected chi connectivity index (χ1v) is 5.67. The minimum absolute atomic E-state index is 0.108. The number of nitro benzene ring substituents is 1. The fourth-order valence-electron chi connectivity index (χ4n) is 1.64. The van der Waals surface area contributed by atoms with Gasteiger partial charge in [0.2, 0.25) is 5.88 Å². The monoisotopic (exact) mass is 259 g/mol. The number of methoxy groups -OCH3 is 1. The van der Waals surface area contributed by atoms with E-state index in [1.54, 1.807) is 43.6 Å².